The summed E-state index contributed by atoms with van der Waals surface area (Å²) < 4.78 is 5.19. The molecule has 8 heteroatoms. The number of amides is 1. The highest BCUT2D eigenvalue weighted by Crippen LogP contribution is 2.51. The second-order valence-corrected chi connectivity index (χ2v) is 10.2. The van der Waals surface area contributed by atoms with Crippen LogP contribution in [0.3, 0.4) is 0 Å². The second-order valence-electron chi connectivity index (χ2n) is 9.43. The predicted molar refractivity (Wildman–Crippen MR) is 113 cm³/mol. The lowest BCUT2D eigenvalue weighted by Crippen LogP contribution is -2.55. The molecule has 160 valence electrons. The second kappa shape index (κ2) is 8.02. The highest BCUT2D eigenvalue weighted by Gasteiger charge is 2.51. The Labute approximate surface area is 177 Å². The highest BCUT2D eigenvalue weighted by atomic mass is 32.1. The Balaban J connectivity index is 1.10. The summed E-state index contributed by atoms with van der Waals surface area (Å²) in [6, 6.07) is 1.38. The van der Waals surface area contributed by atoms with E-state index in [0.29, 0.717) is 18.1 Å². The zero-order valence-corrected chi connectivity index (χ0v) is 18.3. The number of rotatable bonds is 4. The molecule has 0 N–H and O–H groups in total. The van der Waals surface area contributed by atoms with E-state index in [1.165, 1.54) is 51.6 Å². The predicted octanol–water partition coefficient (Wildman–Crippen LogP) is 3.23. The summed E-state index contributed by atoms with van der Waals surface area (Å²) in [5.41, 5.74) is 2.22. The van der Waals surface area contributed by atoms with Crippen LogP contribution < -0.4 is 4.90 Å². The van der Waals surface area contributed by atoms with Crippen LogP contribution in [0.4, 0.5) is 9.93 Å². The summed E-state index contributed by atoms with van der Waals surface area (Å²) in [5.74, 6) is 0.789. The standard InChI is InChI=1S/C21H33N5O2S/c1-2-28-20(27)25-11-7-21(14-25)12-17(13-21)24-9-5-16(6-10-24)18-4-3-8-26(18)19-23-22-15-29-19/h15-18H,2-14H2,1H3/t17?,18-,21?/m0/s1. The van der Waals surface area contributed by atoms with Crippen molar-refractivity contribution in [1.29, 1.82) is 0 Å². The van der Waals surface area contributed by atoms with Gasteiger partial charge in [-0.15, -0.1) is 10.2 Å². The molecule has 4 heterocycles. The minimum atomic E-state index is -0.120. The van der Waals surface area contributed by atoms with E-state index in [4.69, 9.17) is 4.74 Å². The minimum absolute atomic E-state index is 0.120. The van der Waals surface area contributed by atoms with Crippen molar-refractivity contribution in [3.8, 4) is 0 Å². The summed E-state index contributed by atoms with van der Waals surface area (Å²) in [7, 11) is 0. The SMILES string of the molecule is CCOC(=O)N1CCC2(CC(N3CCC([C@@H]4CCCN4c4nncs4)CC3)C2)C1. The summed E-state index contributed by atoms with van der Waals surface area (Å²) in [4.78, 5) is 19.2. The summed E-state index contributed by atoms with van der Waals surface area (Å²) in [6.07, 6.45) is 8.74. The van der Waals surface area contributed by atoms with Crippen LogP contribution in [-0.4, -0.2) is 77.5 Å². The third kappa shape index (κ3) is 3.74. The first kappa shape index (κ1) is 19.5. The topological polar surface area (TPSA) is 61.8 Å². The first-order valence-electron chi connectivity index (χ1n) is 11.4. The Morgan fingerprint density at radius 2 is 2.07 bits per heavy atom. The number of piperidine rings is 1. The maximum Gasteiger partial charge on any atom is 0.409 e. The molecule has 1 atom stereocenters. The molecule has 29 heavy (non-hydrogen) atoms. The number of likely N-dealkylation sites (tertiary alicyclic amines) is 2. The number of hydrogen-bond acceptors (Lipinski definition) is 7. The third-order valence-electron chi connectivity index (χ3n) is 7.83. The molecule has 0 bridgehead atoms. The van der Waals surface area contributed by atoms with Crippen LogP contribution in [0.25, 0.3) is 0 Å². The van der Waals surface area contributed by atoms with Gasteiger partial charge in [0.05, 0.1) is 6.61 Å². The quantitative estimate of drug-likeness (QED) is 0.747. The number of anilines is 1. The Bertz CT molecular complexity index is 700. The van der Waals surface area contributed by atoms with Crippen LogP contribution in [0.1, 0.15) is 51.9 Å². The normalized spacial score (nSPS) is 33.4. The third-order valence-corrected chi connectivity index (χ3v) is 8.56. The molecule has 7 nitrogen and oxygen atoms in total. The number of nitrogens with zero attached hydrogens (tertiary/aromatic N) is 5. The van der Waals surface area contributed by atoms with Crippen molar-refractivity contribution in [1.82, 2.24) is 20.0 Å². The summed E-state index contributed by atoms with van der Waals surface area (Å²) in [5, 5.41) is 9.49. The molecule has 0 unspecified atom stereocenters. The average molecular weight is 420 g/mol. The zero-order valence-electron chi connectivity index (χ0n) is 17.5. The van der Waals surface area contributed by atoms with Crippen LogP contribution in [0.2, 0.25) is 0 Å². The molecule has 3 saturated heterocycles. The van der Waals surface area contributed by atoms with Gasteiger partial charge in [0, 0.05) is 31.7 Å². The molecule has 1 aromatic rings. The Hall–Kier alpha value is -1.41. The fraction of sp³-hybridized carbons (Fsp3) is 0.857. The van der Waals surface area contributed by atoms with Crippen molar-refractivity contribution in [2.45, 2.75) is 64.0 Å². The van der Waals surface area contributed by atoms with Crippen molar-refractivity contribution in [3.63, 3.8) is 0 Å². The number of carbonyl (C=O) groups excluding carboxylic acids is 1. The van der Waals surface area contributed by atoms with Crippen molar-refractivity contribution in [2.75, 3.05) is 44.2 Å². The minimum Gasteiger partial charge on any atom is -0.450 e. The zero-order chi connectivity index (χ0) is 19.8. The van der Waals surface area contributed by atoms with Gasteiger partial charge in [-0.25, -0.2) is 4.79 Å². The van der Waals surface area contributed by atoms with Crippen molar-refractivity contribution < 1.29 is 9.53 Å². The van der Waals surface area contributed by atoms with Crippen molar-refractivity contribution >= 4 is 22.6 Å². The van der Waals surface area contributed by atoms with E-state index in [0.717, 1.165) is 43.1 Å². The molecular weight excluding hydrogens is 386 g/mol. The van der Waals surface area contributed by atoms with Gasteiger partial charge < -0.3 is 19.4 Å². The lowest BCUT2D eigenvalue weighted by Gasteiger charge is -2.52. The van der Waals surface area contributed by atoms with Gasteiger partial charge in [0.2, 0.25) is 5.13 Å². The van der Waals surface area contributed by atoms with Gasteiger partial charge in [0.1, 0.15) is 5.51 Å². The smallest absolute Gasteiger partial charge is 0.409 e. The van der Waals surface area contributed by atoms with E-state index in [-0.39, 0.29) is 6.09 Å². The summed E-state index contributed by atoms with van der Waals surface area (Å²) in [6.45, 7) is 7.72. The first-order valence-corrected chi connectivity index (χ1v) is 12.2. The molecule has 0 aromatic carbocycles. The van der Waals surface area contributed by atoms with Crippen LogP contribution >= 0.6 is 11.3 Å². The van der Waals surface area contributed by atoms with Crippen molar-refractivity contribution in [2.24, 2.45) is 11.3 Å². The van der Waals surface area contributed by atoms with Crippen LogP contribution in [-0.2, 0) is 4.74 Å². The fourth-order valence-electron chi connectivity index (χ4n) is 6.32. The molecule has 1 aromatic heterocycles. The molecule has 4 aliphatic rings. The first-order chi connectivity index (χ1) is 14.2. The molecule has 1 saturated carbocycles. The lowest BCUT2D eigenvalue weighted by atomic mass is 9.64. The Morgan fingerprint density at radius 1 is 1.24 bits per heavy atom. The van der Waals surface area contributed by atoms with Crippen LogP contribution in [0.15, 0.2) is 5.51 Å². The van der Waals surface area contributed by atoms with Gasteiger partial charge in [0.25, 0.3) is 0 Å². The van der Waals surface area contributed by atoms with Crippen molar-refractivity contribution in [3.05, 3.63) is 5.51 Å². The number of hydrogen-bond donors (Lipinski definition) is 0. The monoisotopic (exact) mass is 419 g/mol. The molecule has 1 amide bonds. The highest BCUT2D eigenvalue weighted by molar-refractivity contribution is 7.13. The molecule has 4 fully saturated rings. The van der Waals surface area contributed by atoms with E-state index in [9.17, 15) is 4.79 Å². The molecule has 3 aliphatic heterocycles. The number of ether oxygens (including phenoxy) is 1. The van der Waals surface area contributed by atoms with E-state index in [1.807, 2.05) is 17.3 Å². The van der Waals surface area contributed by atoms with Gasteiger partial charge in [-0.2, -0.15) is 0 Å². The average Bonchev–Trinajstić information content (AvgIpc) is 3.47. The van der Waals surface area contributed by atoms with E-state index >= 15 is 0 Å². The van der Waals surface area contributed by atoms with Gasteiger partial charge in [-0.3, -0.25) is 0 Å². The fourth-order valence-corrected chi connectivity index (χ4v) is 6.96. The summed E-state index contributed by atoms with van der Waals surface area (Å²) >= 11 is 1.68. The van der Waals surface area contributed by atoms with Gasteiger partial charge in [-0.1, -0.05) is 11.3 Å². The van der Waals surface area contributed by atoms with Gasteiger partial charge in [-0.05, 0) is 76.3 Å². The largest absolute Gasteiger partial charge is 0.450 e. The molecule has 1 aliphatic carbocycles. The van der Waals surface area contributed by atoms with Crippen LogP contribution in [0, 0.1) is 11.3 Å². The molecule has 5 rings (SSSR count). The maximum absolute atomic E-state index is 12.0. The van der Waals surface area contributed by atoms with E-state index in [2.05, 4.69) is 20.0 Å². The van der Waals surface area contributed by atoms with E-state index in [1.54, 1.807) is 11.3 Å². The molecular formula is C21H33N5O2S. The molecule has 0 radical (unpaired) electrons. The lowest BCUT2D eigenvalue weighted by molar-refractivity contribution is -0.0109. The van der Waals surface area contributed by atoms with E-state index < -0.39 is 0 Å². The Kier molecular flexibility index (Phi) is 5.41. The van der Waals surface area contributed by atoms with Gasteiger partial charge >= 0.3 is 6.09 Å². The Morgan fingerprint density at radius 3 is 2.79 bits per heavy atom. The molecule has 1 spiro atoms. The van der Waals surface area contributed by atoms with Gasteiger partial charge in [0.15, 0.2) is 0 Å². The van der Waals surface area contributed by atoms with Crippen LogP contribution in [0.5, 0.6) is 0 Å². The maximum atomic E-state index is 12.0. The number of aromatic nitrogens is 2. The number of carbonyl (C=O) groups is 1.